The van der Waals surface area contributed by atoms with E-state index in [1.165, 1.54) is 4.90 Å². The molecule has 0 unspecified atom stereocenters. The van der Waals surface area contributed by atoms with Crippen molar-refractivity contribution in [2.45, 2.75) is 19.0 Å². The average molecular weight is 358 g/mol. The number of benzene rings is 2. The van der Waals surface area contributed by atoms with E-state index in [4.69, 9.17) is 11.6 Å². The van der Waals surface area contributed by atoms with E-state index in [0.29, 0.717) is 22.6 Å². The van der Waals surface area contributed by atoms with E-state index in [9.17, 15) is 22.4 Å². The highest BCUT2D eigenvalue weighted by Gasteiger charge is 2.37. The summed E-state index contributed by atoms with van der Waals surface area (Å²) in [4.78, 5) is 13.7. The molecule has 0 fully saturated rings. The van der Waals surface area contributed by atoms with E-state index in [1.54, 1.807) is 24.3 Å². The van der Waals surface area contributed by atoms with Crippen LogP contribution in [-0.4, -0.2) is 12.5 Å². The van der Waals surface area contributed by atoms with Gasteiger partial charge in [0.2, 0.25) is 5.91 Å². The summed E-state index contributed by atoms with van der Waals surface area (Å²) in [5, 5.41) is 0.531. The molecule has 0 saturated carbocycles. The van der Waals surface area contributed by atoms with Gasteiger partial charge in [0, 0.05) is 17.3 Å². The molecular weight excluding hydrogens is 346 g/mol. The number of amides is 1. The largest absolute Gasteiger partial charge is 0.419 e. The molecule has 1 heterocycles. The van der Waals surface area contributed by atoms with Gasteiger partial charge in [-0.3, -0.25) is 4.79 Å². The summed E-state index contributed by atoms with van der Waals surface area (Å²) in [6.07, 6.45) is -4.43. The van der Waals surface area contributed by atoms with Gasteiger partial charge >= 0.3 is 6.18 Å². The lowest BCUT2D eigenvalue weighted by Gasteiger charge is -2.19. The Hall–Kier alpha value is -2.08. The summed E-state index contributed by atoms with van der Waals surface area (Å²) in [6, 6.07) is 8.23. The highest BCUT2D eigenvalue weighted by atomic mass is 35.5. The van der Waals surface area contributed by atoms with Crippen molar-refractivity contribution in [2.75, 3.05) is 11.4 Å². The zero-order chi connectivity index (χ0) is 17.5. The minimum Gasteiger partial charge on any atom is -0.312 e. The molecule has 7 heteroatoms. The maximum atomic E-state index is 13.6. The van der Waals surface area contributed by atoms with Gasteiger partial charge in [0.1, 0.15) is 5.82 Å². The van der Waals surface area contributed by atoms with Crippen LogP contribution < -0.4 is 4.90 Å². The summed E-state index contributed by atoms with van der Waals surface area (Å²) in [5.41, 5.74) is -0.115. The molecule has 2 aromatic rings. The topological polar surface area (TPSA) is 20.3 Å². The number of hydrogen-bond acceptors (Lipinski definition) is 1. The quantitative estimate of drug-likeness (QED) is 0.718. The van der Waals surface area contributed by atoms with Crippen molar-refractivity contribution in [3.63, 3.8) is 0 Å². The fourth-order valence-electron chi connectivity index (χ4n) is 2.76. The molecule has 1 amide bonds. The van der Waals surface area contributed by atoms with Gasteiger partial charge in [-0.15, -0.1) is 0 Å². The number of carbonyl (C=O) groups is 1. The second-order valence-corrected chi connectivity index (χ2v) is 5.99. The van der Waals surface area contributed by atoms with Crippen molar-refractivity contribution in [1.82, 2.24) is 0 Å². The van der Waals surface area contributed by atoms with Crippen LogP contribution in [0.2, 0.25) is 5.02 Å². The second-order valence-electron chi connectivity index (χ2n) is 5.56. The minimum absolute atomic E-state index is 0.0370. The molecule has 1 aliphatic rings. The van der Waals surface area contributed by atoms with Gasteiger partial charge in [-0.25, -0.2) is 4.39 Å². The summed E-state index contributed by atoms with van der Waals surface area (Å²) in [6.45, 7) is 0.239. The van der Waals surface area contributed by atoms with E-state index in [0.717, 1.165) is 12.1 Å². The van der Waals surface area contributed by atoms with E-state index in [-0.39, 0.29) is 24.6 Å². The maximum Gasteiger partial charge on any atom is 0.419 e. The molecule has 3 rings (SSSR count). The predicted octanol–water partition coefficient (Wildman–Crippen LogP) is 4.63. The summed E-state index contributed by atoms with van der Waals surface area (Å²) < 4.78 is 52.2. The zero-order valence-electron chi connectivity index (χ0n) is 12.3. The Morgan fingerprint density at radius 1 is 1.17 bits per heavy atom. The van der Waals surface area contributed by atoms with Gasteiger partial charge in [-0.05, 0) is 41.8 Å². The van der Waals surface area contributed by atoms with Crippen LogP contribution in [0.1, 0.15) is 16.7 Å². The first-order chi connectivity index (χ1) is 11.3. The molecule has 0 radical (unpaired) electrons. The van der Waals surface area contributed by atoms with E-state index >= 15 is 0 Å². The standard InChI is InChI=1S/C17H12ClF4NO/c18-12-3-1-10(2-4-12)7-16(24)23-6-5-11-8-14(19)13(9-15(11)23)17(20,21)22/h1-4,8-9H,5-7H2. The van der Waals surface area contributed by atoms with E-state index in [1.807, 2.05) is 0 Å². The molecule has 2 nitrogen and oxygen atoms in total. The van der Waals surface area contributed by atoms with Crippen LogP contribution >= 0.6 is 11.6 Å². The number of alkyl halides is 3. The summed E-state index contributed by atoms with van der Waals surface area (Å²) in [5.74, 6) is -1.65. The summed E-state index contributed by atoms with van der Waals surface area (Å²) in [7, 11) is 0. The molecule has 2 aromatic carbocycles. The Bertz CT molecular complexity index is 786. The zero-order valence-corrected chi connectivity index (χ0v) is 13.1. The van der Waals surface area contributed by atoms with Crippen molar-refractivity contribution in [2.24, 2.45) is 0 Å². The van der Waals surface area contributed by atoms with Gasteiger partial charge in [0.25, 0.3) is 0 Å². The molecule has 0 aliphatic carbocycles. The predicted molar refractivity (Wildman–Crippen MR) is 82.6 cm³/mol. The van der Waals surface area contributed by atoms with Crippen molar-refractivity contribution < 1.29 is 22.4 Å². The van der Waals surface area contributed by atoms with Crippen LogP contribution in [0, 0.1) is 5.82 Å². The number of fused-ring (bicyclic) bond motifs is 1. The molecule has 126 valence electrons. The Balaban J connectivity index is 1.88. The number of rotatable bonds is 2. The van der Waals surface area contributed by atoms with Crippen molar-refractivity contribution in [3.05, 3.63) is 63.9 Å². The van der Waals surface area contributed by atoms with Crippen LogP contribution in [-0.2, 0) is 23.8 Å². The van der Waals surface area contributed by atoms with Gasteiger partial charge in [0.05, 0.1) is 12.0 Å². The molecule has 0 atom stereocenters. The number of carbonyl (C=O) groups excluding carboxylic acids is 1. The fourth-order valence-corrected chi connectivity index (χ4v) is 2.88. The smallest absolute Gasteiger partial charge is 0.312 e. The number of halogens is 5. The molecule has 0 aromatic heterocycles. The van der Waals surface area contributed by atoms with Gasteiger partial charge in [0.15, 0.2) is 0 Å². The molecule has 24 heavy (non-hydrogen) atoms. The fraction of sp³-hybridized carbons (Fsp3) is 0.235. The lowest BCUT2D eigenvalue weighted by Crippen LogP contribution is -2.30. The highest BCUT2D eigenvalue weighted by molar-refractivity contribution is 6.30. The minimum atomic E-state index is -4.80. The van der Waals surface area contributed by atoms with Crippen molar-refractivity contribution in [1.29, 1.82) is 0 Å². The molecule has 0 bridgehead atoms. The first kappa shape index (κ1) is 16.8. The normalized spacial score (nSPS) is 14.0. The second kappa shape index (κ2) is 6.09. The van der Waals surface area contributed by atoms with Crippen LogP contribution in [0.4, 0.5) is 23.2 Å². The third kappa shape index (κ3) is 3.24. The lowest BCUT2D eigenvalue weighted by molar-refractivity contribution is -0.140. The number of nitrogens with zero attached hydrogens (tertiary/aromatic N) is 1. The Morgan fingerprint density at radius 2 is 1.83 bits per heavy atom. The Morgan fingerprint density at radius 3 is 2.46 bits per heavy atom. The van der Waals surface area contributed by atoms with Crippen LogP contribution in [0.5, 0.6) is 0 Å². The monoisotopic (exact) mass is 357 g/mol. The highest BCUT2D eigenvalue weighted by Crippen LogP contribution is 2.38. The average Bonchev–Trinajstić information content (AvgIpc) is 2.90. The molecular formula is C17H12ClF4NO. The Kier molecular flexibility index (Phi) is 4.25. The third-order valence-electron chi connectivity index (χ3n) is 3.94. The van der Waals surface area contributed by atoms with Gasteiger partial charge in [-0.1, -0.05) is 23.7 Å². The molecule has 0 N–H and O–H groups in total. The molecule has 0 spiro atoms. The number of hydrogen-bond donors (Lipinski definition) is 0. The van der Waals surface area contributed by atoms with Crippen molar-refractivity contribution in [3.8, 4) is 0 Å². The van der Waals surface area contributed by atoms with Crippen LogP contribution in [0.3, 0.4) is 0 Å². The van der Waals surface area contributed by atoms with Crippen LogP contribution in [0.15, 0.2) is 36.4 Å². The van der Waals surface area contributed by atoms with Crippen LogP contribution in [0.25, 0.3) is 0 Å². The molecule has 1 aliphatic heterocycles. The van der Waals surface area contributed by atoms with E-state index < -0.39 is 17.6 Å². The first-order valence-corrected chi connectivity index (χ1v) is 7.58. The Labute approximate surface area is 140 Å². The molecule has 0 saturated heterocycles. The summed E-state index contributed by atoms with van der Waals surface area (Å²) >= 11 is 5.78. The number of anilines is 1. The third-order valence-corrected chi connectivity index (χ3v) is 4.19. The van der Waals surface area contributed by atoms with E-state index in [2.05, 4.69) is 0 Å². The lowest BCUT2D eigenvalue weighted by atomic mass is 10.1. The SMILES string of the molecule is O=C(Cc1ccc(Cl)cc1)N1CCc2cc(F)c(C(F)(F)F)cc21. The maximum absolute atomic E-state index is 13.6. The first-order valence-electron chi connectivity index (χ1n) is 7.20. The van der Waals surface area contributed by atoms with Gasteiger partial charge in [-0.2, -0.15) is 13.2 Å². The van der Waals surface area contributed by atoms with Gasteiger partial charge < -0.3 is 4.90 Å². The van der Waals surface area contributed by atoms with Crippen molar-refractivity contribution >= 4 is 23.2 Å².